The average Bonchev–Trinajstić information content (AvgIpc) is 3.08. The first-order valence-corrected chi connectivity index (χ1v) is 8.81. The predicted molar refractivity (Wildman–Crippen MR) is 97.6 cm³/mol. The molecular weight excluding hydrogens is 316 g/mol. The number of carbonyl (C=O) groups excluding carboxylic acids is 2. The molecule has 2 aromatic rings. The molecule has 0 saturated carbocycles. The van der Waals surface area contributed by atoms with Crippen LogP contribution >= 0.6 is 0 Å². The molecule has 0 fully saturated rings. The summed E-state index contributed by atoms with van der Waals surface area (Å²) in [4.78, 5) is 26.3. The maximum absolute atomic E-state index is 12.3. The molecule has 0 bridgehead atoms. The molecule has 1 N–H and O–H groups in total. The van der Waals surface area contributed by atoms with Crippen LogP contribution in [0.25, 0.3) is 0 Å². The molecule has 0 radical (unpaired) electrons. The highest BCUT2D eigenvalue weighted by molar-refractivity contribution is 5.97. The molecule has 1 aromatic carbocycles. The number of amides is 2. The Hall–Kier alpha value is -2.63. The standard InChI is InChI=1S/C19H24N4O2/c1-3-14(2)23-17(10-12-20-23)21-18(24)11-13-22-16-7-5-4-6-15(16)8-9-19(22)25/h4-7,10,12,14H,3,8-9,11,13H2,1-2H3,(H,21,24). The largest absolute Gasteiger partial charge is 0.312 e. The summed E-state index contributed by atoms with van der Waals surface area (Å²) in [5.74, 6) is 0.668. The number of hydrogen-bond acceptors (Lipinski definition) is 3. The molecule has 6 heteroatoms. The zero-order valence-corrected chi connectivity index (χ0v) is 14.7. The zero-order valence-electron chi connectivity index (χ0n) is 14.7. The van der Waals surface area contributed by atoms with Crippen LogP contribution in [0.3, 0.4) is 0 Å². The molecule has 3 rings (SSSR count). The number of aromatic nitrogens is 2. The zero-order chi connectivity index (χ0) is 17.8. The van der Waals surface area contributed by atoms with Gasteiger partial charge in [0.25, 0.3) is 0 Å². The fourth-order valence-corrected chi connectivity index (χ4v) is 3.10. The molecule has 0 spiro atoms. The van der Waals surface area contributed by atoms with Crippen LogP contribution in [0, 0.1) is 0 Å². The Kier molecular flexibility index (Phi) is 5.16. The molecule has 6 nitrogen and oxygen atoms in total. The summed E-state index contributed by atoms with van der Waals surface area (Å²) in [5.41, 5.74) is 2.09. The van der Waals surface area contributed by atoms with Crippen LogP contribution in [-0.4, -0.2) is 28.1 Å². The third-order valence-corrected chi connectivity index (χ3v) is 4.70. The van der Waals surface area contributed by atoms with Gasteiger partial charge in [0, 0.05) is 31.1 Å². The van der Waals surface area contributed by atoms with Gasteiger partial charge in [-0.2, -0.15) is 5.10 Å². The van der Waals surface area contributed by atoms with Crippen LogP contribution in [0.15, 0.2) is 36.5 Å². The van der Waals surface area contributed by atoms with E-state index in [1.54, 1.807) is 17.2 Å². The van der Waals surface area contributed by atoms with E-state index in [9.17, 15) is 9.59 Å². The normalized spacial score (nSPS) is 15.0. The molecule has 132 valence electrons. The number of anilines is 2. The number of para-hydroxylation sites is 1. The second kappa shape index (κ2) is 7.51. The second-order valence-electron chi connectivity index (χ2n) is 6.39. The Balaban J connectivity index is 1.63. The number of benzene rings is 1. The minimum Gasteiger partial charge on any atom is -0.312 e. The Morgan fingerprint density at radius 2 is 2.08 bits per heavy atom. The first-order chi connectivity index (χ1) is 12.1. The van der Waals surface area contributed by atoms with E-state index in [0.29, 0.717) is 18.8 Å². The van der Waals surface area contributed by atoms with Gasteiger partial charge in [0.05, 0.1) is 12.2 Å². The Labute approximate surface area is 147 Å². The maximum Gasteiger partial charge on any atom is 0.227 e. The van der Waals surface area contributed by atoms with Crippen LogP contribution in [0.1, 0.15) is 44.7 Å². The summed E-state index contributed by atoms with van der Waals surface area (Å²) in [6.07, 6.45) is 4.15. The third-order valence-electron chi connectivity index (χ3n) is 4.70. The van der Waals surface area contributed by atoms with Gasteiger partial charge in [-0.05, 0) is 31.4 Å². The van der Waals surface area contributed by atoms with E-state index in [-0.39, 0.29) is 24.3 Å². The highest BCUT2D eigenvalue weighted by Crippen LogP contribution is 2.27. The van der Waals surface area contributed by atoms with E-state index < -0.39 is 0 Å². The first kappa shape index (κ1) is 17.2. The van der Waals surface area contributed by atoms with Crippen molar-refractivity contribution < 1.29 is 9.59 Å². The van der Waals surface area contributed by atoms with E-state index >= 15 is 0 Å². The van der Waals surface area contributed by atoms with Gasteiger partial charge < -0.3 is 10.2 Å². The van der Waals surface area contributed by atoms with Crippen molar-refractivity contribution in [2.45, 2.75) is 45.6 Å². The lowest BCUT2D eigenvalue weighted by Gasteiger charge is -2.29. The molecule has 0 saturated heterocycles. The molecule has 1 unspecified atom stereocenters. The van der Waals surface area contributed by atoms with Crippen molar-refractivity contribution in [2.24, 2.45) is 0 Å². The molecule has 1 aromatic heterocycles. The molecule has 2 amide bonds. The van der Waals surface area contributed by atoms with Crippen LogP contribution < -0.4 is 10.2 Å². The number of nitrogens with one attached hydrogen (secondary N) is 1. The van der Waals surface area contributed by atoms with E-state index in [0.717, 1.165) is 24.1 Å². The van der Waals surface area contributed by atoms with Gasteiger partial charge in [-0.3, -0.25) is 9.59 Å². The van der Waals surface area contributed by atoms with Crippen molar-refractivity contribution in [3.05, 3.63) is 42.1 Å². The lowest BCUT2D eigenvalue weighted by Crippen LogP contribution is -2.37. The number of nitrogens with zero attached hydrogens (tertiary/aromatic N) is 3. The van der Waals surface area contributed by atoms with Crippen molar-refractivity contribution in [3.8, 4) is 0 Å². The third kappa shape index (κ3) is 3.73. The summed E-state index contributed by atoms with van der Waals surface area (Å²) >= 11 is 0. The fourth-order valence-electron chi connectivity index (χ4n) is 3.10. The first-order valence-electron chi connectivity index (χ1n) is 8.81. The highest BCUT2D eigenvalue weighted by atomic mass is 16.2. The van der Waals surface area contributed by atoms with Crippen molar-refractivity contribution >= 4 is 23.3 Å². The number of fused-ring (bicyclic) bond motifs is 1. The topological polar surface area (TPSA) is 67.2 Å². The number of rotatable bonds is 6. The van der Waals surface area contributed by atoms with Gasteiger partial charge in [0.15, 0.2) is 0 Å². The Morgan fingerprint density at radius 3 is 2.88 bits per heavy atom. The molecule has 1 aliphatic heterocycles. The quantitative estimate of drug-likeness (QED) is 0.878. The fraction of sp³-hybridized carbons (Fsp3) is 0.421. The summed E-state index contributed by atoms with van der Waals surface area (Å²) in [5, 5.41) is 7.18. The van der Waals surface area contributed by atoms with Gasteiger partial charge >= 0.3 is 0 Å². The van der Waals surface area contributed by atoms with E-state index in [1.165, 1.54) is 0 Å². The van der Waals surface area contributed by atoms with Gasteiger partial charge in [-0.15, -0.1) is 0 Å². The molecule has 1 aliphatic rings. The molecule has 0 aliphatic carbocycles. The van der Waals surface area contributed by atoms with Crippen LogP contribution in [-0.2, 0) is 16.0 Å². The maximum atomic E-state index is 12.3. The van der Waals surface area contributed by atoms with Gasteiger partial charge in [-0.1, -0.05) is 25.1 Å². The van der Waals surface area contributed by atoms with Crippen LogP contribution in [0.4, 0.5) is 11.5 Å². The second-order valence-corrected chi connectivity index (χ2v) is 6.39. The number of carbonyl (C=O) groups is 2. The Bertz CT molecular complexity index is 768. The number of aryl methyl sites for hydroxylation is 1. The van der Waals surface area contributed by atoms with Crippen molar-refractivity contribution in [3.63, 3.8) is 0 Å². The van der Waals surface area contributed by atoms with Gasteiger partial charge in [0.1, 0.15) is 5.82 Å². The van der Waals surface area contributed by atoms with E-state index in [2.05, 4.69) is 24.3 Å². The number of hydrogen-bond donors (Lipinski definition) is 1. The monoisotopic (exact) mass is 340 g/mol. The minimum absolute atomic E-state index is 0.0798. The Morgan fingerprint density at radius 1 is 1.28 bits per heavy atom. The lowest BCUT2D eigenvalue weighted by molar-refractivity contribution is -0.119. The van der Waals surface area contributed by atoms with E-state index in [4.69, 9.17) is 0 Å². The van der Waals surface area contributed by atoms with Crippen molar-refractivity contribution in [1.82, 2.24) is 9.78 Å². The summed E-state index contributed by atoms with van der Waals surface area (Å²) in [6, 6.07) is 9.92. The van der Waals surface area contributed by atoms with Crippen LogP contribution in [0.2, 0.25) is 0 Å². The highest BCUT2D eigenvalue weighted by Gasteiger charge is 2.24. The molecule has 25 heavy (non-hydrogen) atoms. The van der Waals surface area contributed by atoms with Crippen molar-refractivity contribution in [1.29, 1.82) is 0 Å². The molecule has 1 atom stereocenters. The smallest absolute Gasteiger partial charge is 0.227 e. The average molecular weight is 340 g/mol. The molecule has 2 heterocycles. The predicted octanol–water partition coefficient (Wildman–Crippen LogP) is 3.16. The van der Waals surface area contributed by atoms with Crippen molar-refractivity contribution in [2.75, 3.05) is 16.8 Å². The summed E-state index contributed by atoms with van der Waals surface area (Å²) in [7, 11) is 0. The lowest BCUT2D eigenvalue weighted by atomic mass is 10.0. The molecular formula is C19H24N4O2. The van der Waals surface area contributed by atoms with E-state index in [1.807, 2.05) is 28.9 Å². The van der Waals surface area contributed by atoms with Gasteiger partial charge in [-0.25, -0.2) is 4.68 Å². The minimum atomic E-state index is -0.110. The van der Waals surface area contributed by atoms with Crippen LogP contribution in [0.5, 0.6) is 0 Å². The van der Waals surface area contributed by atoms with Gasteiger partial charge in [0.2, 0.25) is 11.8 Å². The summed E-state index contributed by atoms with van der Waals surface area (Å²) in [6.45, 7) is 4.53. The summed E-state index contributed by atoms with van der Waals surface area (Å²) < 4.78 is 1.82. The SMILES string of the molecule is CCC(C)n1nccc1NC(=O)CCN1C(=O)CCc2ccccc21.